The second-order valence-electron chi connectivity index (χ2n) is 11.6. The Hall–Kier alpha value is 0.234. The maximum absolute atomic E-state index is 7.34. The fourth-order valence-electron chi connectivity index (χ4n) is 6.11. The molecule has 4 atom stereocenters. The molecule has 1 aliphatic carbocycles. The molecule has 3 fully saturated rings. The van der Waals surface area contributed by atoms with E-state index in [1.165, 1.54) is 12.8 Å². The van der Waals surface area contributed by atoms with Gasteiger partial charge in [-0.05, 0) is 48.9 Å². The Labute approximate surface area is 193 Å². The van der Waals surface area contributed by atoms with Gasteiger partial charge in [0.25, 0.3) is 0 Å². The molecule has 3 aliphatic rings. The van der Waals surface area contributed by atoms with Crippen molar-refractivity contribution in [1.29, 1.82) is 0 Å². The van der Waals surface area contributed by atoms with Crippen LogP contribution in [0, 0.1) is 0 Å². The maximum atomic E-state index is 7.34. The second kappa shape index (κ2) is 9.47. The first-order chi connectivity index (χ1) is 14.4. The van der Waals surface area contributed by atoms with Crippen LogP contribution in [0.5, 0.6) is 0 Å². The minimum atomic E-state index is -2.61. The van der Waals surface area contributed by atoms with Crippen molar-refractivity contribution in [3.05, 3.63) is 0 Å². The Morgan fingerprint density at radius 1 is 0.839 bits per heavy atom. The predicted octanol–water partition coefficient (Wildman–Crippen LogP) is 6.80. The van der Waals surface area contributed by atoms with E-state index in [1.54, 1.807) is 0 Å². The van der Waals surface area contributed by atoms with Gasteiger partial charge in [-0.25, -0.2) is 0 Å². The number of ether oxygens (including phenoxy) is 2. The molecule has 5 nitrogen and oxygen atoms in total. The molecule has 2 heterocycles. The van der Waals surface area contributed by atoms with E-state index in [9.17, 15) is 0 Å². The molecule has 0 amide bonds. The van der Waals surface area contributed by atoms with Crippen molar-refractivity contribution in [2.24, 2.45) is 0 Å². The largest absolute Gasteiger partial charge is 0.414 e. The fraction of sp³-hybridized carbons (Fsp3) is 1.00. The molecule has 2 aliphatic heterocycles. The molecule has 0 radical (unpaired) electrons. The molecule has 0 bridgehead atoms. The zero-order valence-corrected chi connectivity index (χ0v) is 23.7. The third kappa shape index (κ3) is 4.75. The molecule has 0 spiro atoms. The van der Waals surface area contributed by atoms with Crippen LogP contribution < -0.4 is 0 Å². The van der Waals surface area contributed by atoms with Gasteiger partial charge < -0.3 is 22.4 Å². The highest BCUT2D eigenvalue weighted by Gasteiger charge is 2.65. The van der Waals surface area contributed by atoms with E-state index < -0.39 is 22.7 Å². The molecule has 0 unspecified atom stereocenters. The SMILES string of the molecule is CC(C)[Si]1(C(C)C)O[C@H]2[C@H](C)O[C@H](OC3CCCC3)C[C@@]2(C)O[Si](C(C)C)(C(C)C)O1. The average molecular weight is 473 g/mol. The molecule has 7 heteroatoms. The molecule has 0 aromatic heterocycles. The molecular formula is C24H48O5Si2. The third-order valence-electron chi connectivity index (χ3n) is 7.85. The van der Waals surface area contributed by atoms with E-state index in [0.29, 0.717) is 34.7 Å². The van der Waals surface area contributed by atoms with Crippen molar-refractivity contribution >= 4 is 17.1 Å². The average Bonchev–Trinajstić information content (AvgIpc) is 3.09. The zero-order chi connectivity index (χ0) is 23.2. The van der Waals surface area contributed by atoms with Gasteiger partial charge in [0, 0.05) is 6.42 Å². The summed E-state index contributed by atoms with van der Waals surface area (Å²) in [4.78, 5) is 0. The summed E-state index contributed by atoms with van der Waals surface area (Å²) in [6.07, 6.45) is 5.35. The van der Waals surface area contributed by atoms with E-state index in [2.05, 4.69) is 69.2 Å². The van der Waals surface area contributed by atoms with Crippen molar-refractivity contribution in [1.82, 2.24) is 0 Å². The first-order valence-electron chi connectivity index (χ1n) is 12.8. The zero-order valence-electron chi connectivity index (χ0n) is 21.7. The number of hydrogen-bond donors (Lipinski definition) is 0. The summed E-state index contributed by atoms with van der Waals surface area (Å²) in [5.74, 6) is 0. The minimum absolute atomic E-state index is 0.0951. The standard InChI is InChI=1S/C24H48O5Si2/c1-16(2)30(17(3)4)27-23-20(9)25-22(26-21-13-11-12-14-21)15-24(23,10)28-31(29-30,18(5)6)19(7)8/h16-23H,11-15H2,1-10H3/t20-,22+,23-,24+/m0/s1. The first kappa shape index (κ1) is 25.8. The Balaban J connectivity index is 2.02. The van der Waals surface area contributed by atoms with E-state index in [-0.39, 0.29) is 18.5 Å². The minimum Gasteiger partial charge on any atom is -0.414 e. The van der Waals surface area contributed by atoms with Gasteiger partial charge in [-0.3, -0.25) is 0 Å². The Morgan fingerprint density at radius 3 is 1.84 bits per heavy atom. The predicted molar refractivity (Wildman–Crippen MR) is 130 cm³/mol. The van der Waals surface area contributed by atoms with Gasteiger partial charge in [0.15, 0.2) is 6.29 Å². The Kier molecular flexibility index (Phi) is 7.90. The summed E-state index contributed by atoms with van der Waals surface area (Å²) >= 11 is 0. The quantitative estimate of drug-likeness (QED) is 0.398. The van der Waals surface area contributed by atoms with Gasteiger partial charge >= 0.3 is 17.1 Å². The molecule has 0 aromatic carbocycles. The summed E-state index contributed by atoms with van der Waals surface area (Å²) in [7, 11) is -5.19. The van der Waals surface area contributed by atoms with Crippen LogP contribution in [0.15, 0.2) is 0 Å². The molecule has 31 heavy (non-hydrogen) atoms. The summed E-state index contributed by atoms with van der Waals surface area (Å²) in [5, 5.41) is 0. The summed E-state index contributed by atoms with van der Waals surface area (Å²) in [6.45, 7) is 22.6. The smallest absolute Gasteiger partial charge is 0.335 e. The molecule has 182 valence electrons. The third-order valence-corrected chi connectivity index (χ3v) is 18.3. The number of hydrogen-bond acceptors (Lipinski definition) is 5. The molecular weight excluding hydrogens is 424 g/mol. The molecule has 2 saturated heterocycles. The van der Waals surface area contributed by atoms with Crippen LogP contribution in [-0.4, -0.2) is 47.3 Å². The lowest BCUT2D eigenvalue weighted by atomic mass is 9.89. The van der Waals surface area contributed by atoms with Crippen molar-refractivity contribution in [2.45, 2.75) is 154 Å². The normalized spacial score (nSPS) is 36.4. The molecule has 0 aromatic rings. The summed E-state index contributed by atoms with van der Waals surface area (Å²) in [6, 6.07) is 0. The van der Waals surface area contributed by atoms with E-state index in [4.69, 9.17) is 22.4 Å². The fourth-order valence-corrected chi connectivity index (χ4v) is 17.7. The molecule has 3 rings (SSSR count). The van der Waals surface area contributed by atoms with Gasteiger partial charge in [0.05, 0.1) is 17.8 Å². The lowest BCUT2D eigenvalue weighted by Gasteiger charge is -2.50. The van der Waals surface area contributed by atoms with Crippen molar-refractivity contribution in [3.8, 4) is 0 Å². The van der Waals surface area contributed by atoms with Gasteiger partial charge in [-0.15, -0.1) is 0 Å². The number of rotatable bonds is 6. The van der Waals surface area contributed by atoms with Gasteiger partial charge in [-0.2, -0.15) is 0 Å². The first-order valence-corrected chi connectivity index (χ1v) is 16.7. The van der Waals surface area contributed by atoms with E-state index in [1.807, 2.05) is 0 Å². The molecule has 1 saturated carbocycles. The topological polar surface area (TPSA) is 46.2 Å². The lowest BCUT2D eigenvalue weighted by Crippen LogP contribution is -2.61. The van der Waals surface area contributed by atoms with Crippen molar-refractivity contribution < 1.29 is 22.4 Å². The van der Waals surface area contributed by atoms with Crippen LogP contribution in [0.25, 0.3) is 0 Å². The molecule has 0 N–H and O–H groups in total. The van der Waals surface area contributed by atoms with Crippen LogP contribution in [0.1, 0.15) is 101 Å². The highest BCUT2D eigenvalue weighted by atomic mass is 28.5. The maximum Gasteiger partial charge on any atom is 0.335 e. The van der Waals surface area contributed by atoms with Gasteiger partial charge in [0.2, 0.25) is 0 Å². The summed E-state index contributed by atoms with van der Waals surface area (Å²) < 4.78 is 34.7. The van der Waals surface area contributed by atoms with Crippen molar-refractivity contribution in [2.75, 3.05) is 0 Å². The Bertz CT molecular complexity index is 589. The van der Waals surface area contributed by atoms with Crippen molar-refractivity contribution in [3.63, 3.8) is 0 Å². The highest BCUT2D eigenvalue weighted by molar-refractivity contribution is 6.84. The van der Waals surface area contributed by atoms with Gasteiger partial charge in [0.1, 0.15) is 6.10 Å². The highest BCUT2D eigenvalue weighted by Crippen LogP contribution is 2.52. The van der Waals surface area contributed by atoms with Crippen LogP contribution in [0.2, 0.25) is 22.2 Å². The lowest BCUT2D eigenvalue weighted by molar-refractivity contribution is -0.274. The van der Waals surface area contributed by atoms with Crippen LogP contribution in [-0.2, 0) is 22.4 Å². The monoisotopic (exact) mass is 472 g/mol. The van der Waals surface area contributed by atoms with Gasteiger partial charge in [-0.1, -0.05) is 68.2 Å². The second-order valence-corrected chi connectivity index (χ2v) is 20.4. The van der Waals surface area contributed by atoms with E-state index in [0.717, 1.165) is 12.8 Å². The summed E-state index contributed by atoms with van der Waals surface area (Å²) in [5.41, 5.74) is 0.872. The Morgan fingerprint density at radius 2 is 1.35 bits per heavy atom. The van der Waals surface area contributed by atoms with Crippen LogP contribution >= 0.6 is 0 Å². The number of fused-ring (bicyclic) bond motifs is 1. The van der Waals surface area contributed by atoms with Crippen LogP contribution in [0.4, 0.5) is 0 Å². The van der Waals surface area contributed by atoms with E-state index >= 15 is 0 Å². The van der Waals surface area contributed by atoms with Crippen LogP contribution in [0.3, 0.4) is 0 Å².